The van der Waals surface area contributed by atoms with Crippen LogP contribution in [0.4, 0.5) is 4.79 Å². The van der Waals surface area contributed by atoms with Gasteiger partial charge >= 0.3 is 6.03 Å². The monoisotopic (exact) mass is 395 g/mol. The van der Waals surface area contributed by atoms with Crippen molar-refractivity contribution in [3.8, 4) is 0 Å². The second-order valence-electron chi connectivity index (χ2n) is 8.09. The molecule has 0 bridgehead atoms. The molecule has 1 atom stereocenters. The van der Waals surface area contributed by atoms with E-state index in [2.05, 4.69) is 27.9 Å². The number of amides is 3. The quantitative estimate of drug-likeness (QED) is 0.789. The molecule has 2 heterocycles. The molecular formula is C22H29N5O2. The zero-order chi connectivity index (χ0) is 20.4. The molecule has 3 amide bonds. The first-order valence-electron chi connectivity index (χ1n) is 10.4. The van der Waals surface area contributed by atoms with Gasteiger partial charge in [-0.05, 0) is 45.1 Å². The number of nitrogens with one attached hydrogen (secondary N) is 2. The van der Waals surface area contributed by atoms with Gasteiger partial charge in [-0.3, -0.25) is 9.48 Å². The number of hydrogen-bond acceptors (Lipinski definition) is 3. The lowest BCUT2D eigenvalue weighted by molar-refractivity contribution is -0.124. The van der Waals surface area contributed by atoms with Gasteiger partial charge < -0.3 is 15.5 Å². The first-order chi connectivity index (χ1) is 14.0. The smallest absolute Gasteiger partial charge is 0.318 e. The molecule has 2 fully saturated rings. The molecule has 1 aliphatic carbocycles. The summed E-state index contributed by atoms with van der Waals surface area (Å²) in [5, 5.41) is 10.7. The van der Waals surface area contributed by atoms with Crippen LogP contribution in [-0.4, -0.2) is 45.2 Å². The SMILES string of the molecule is Cc1nn(Cc2ccccc2)c(C)c1CNC(=O)N1CCCC1C(=O)NC1CC1. The Balaban J connectivity index is 1.38. The highest BCUT2D eigenvalue weighted by molar-refractivity contribution is 5.88. The molecule has 7 nitrogen and oxygen atoms in total. The maximum absolute atomic E-state index is 12.8. The average molecular weight is 396 g/mol. The Kier molecular flexibility index (Phi) is 5.56. The second kappa shape index (κ2) is 8.27. The third kappa shape index (κ3) is 4.44. The van der Waals surface area contributed by atoms with E-state index in [1.165, 1.54) is 5.56 Å². The molecule has 1 saturated carbocycles. The van der Waals surface area contributed by atoms with Crippen molar-refractivity contribution >= 4 is 11.9 Å². The molecule has 1 aliphatic heterocycles. The average Bonchev–Trinajstić information content (AvgIpc) is 3.30. The van der Waals surface area contributed by atoms with E-state index in [9.17, 15) is 9.59 Å². The van der Waals surface area contributed by atoms with E-state index < -0.39 is 0 Å². The van der Waals surface area contributed by atoms with Crippen molar-refractivity contribution < 1.29 is 9.59 Å². The van der Waals surface area contributed by atoms with E-state index in [4.69, 9.17) is 0 Å². The molecule has 2 aromatic rings. The number of nitrogens with zero attached hydrogens (tertiary/aromatic N) is 3. The zero-order valence-corrected chi connectivity index (χ0v) is 17.1. The molecule has 4 rings (SSSR count). The van der Waals surface area contributed by atoms with Crippen LogP contribution in [-0.2, 0) is 17.9 Å². The molecule has 2 N–H and O–H groups in total. The van der Waals surface area contributed by atoms with Gasteiger partial charge in [-0.25, -0.2) is 4.79 Å². The van der Waals surface area contributed by atoms with E-state index >= 15 is 0 Å². The fourth-order valence-electron chi connectivity index (χ4n) is 3.97. The van der Waals surface area contributed by atoms with Crippen molar-refractivity contribution in [1.29, 1.82) is 0 Å². The third-order valence-electron chi connectivity index (χ3n) is 5.86. The summed E-state index contributed by atoms with van der Waals surface area (Å²) in [6, 6.07) is 10.0. The van der Waals surface area contributed by atoms with E-state index in [1.807, 2.05) is 36.7 Å². The standard InChI is InChI=1S/C22H29N5O2/c1-15-19(16(2)27(25-15)14-17-7-4-3-5-8-17)13-23-22(29)26-12-6-9-20(26)21(28)24-18-10-11-18/h3-5,7-8,18,20H,6,9-14H2,1-2H3,(H,23,29)(H,24,28). The van der Waals surface area contributed by atoms with Gasteiger partial charge in [0.05, 0.1) is 12.2 Å². The Hall–Kier alpha value is -2.83. The van der Waals surface area contributed by atoms with Gasteiger partial charge in [-0.2, -0.15) is 5.10 Å². The molecular weight excluding hydrogens is 366 g/mol. The molecule has 1 aromatic heterocycles. The summed E-state index contributed by atoms with van der Waals surface area (Å²) in [5.41, 5.74) is 4.20. The number of benzene rings is 1. The second-order valence-corrected chi connectivity index (χ2v) is 8.09. The van der Waals surface area contributed by atoms with Gasteiger partial charge in [-0.1, -0.05) is 30.3 Å². The van der Waals surface area contributed by atoms with Crippen LogP contribution >= 0.6 is 0 Å². The molecule has 1 unspecified atom stereocenters. The van der Waals surface area contributed by atoms with Crippen LogP contribution in [0.15, 0.2) is 30.3 Å². The number of carbonyl (C=O) groups is 2. The van der Waals surface area contributed by atoms with Crippen molar-refractivity contribution in [2.45, 2.75) is 64.7 Å². The van der Waals surface area contributed by atoms with Crippen LogP contribution in [0.5, 0.6) is 0 Å². The number of aryl methyl sites for hydroxylation is 1. The maximum Gasteiger partial charge on any atom is 0.318 e. The summed E-state index contributed by atoms with van der Waals surface area (Å²) in [5.74, 6) is -0.0109. The van der Waals surface area contributed by atoms with Gasteiger partial charge in [0.15, 0.2) is 0 Å². The minimum atomic E-state index is -0.349. The summed E-state index contributed by atoms with van der Waals surface area (Å²) < 4.78 is 1.98. The first-order valence-corrected chi connectivity index (χ1v) is 10.4. The predicted octanol–water partition coefficient (Wildman–Crippen LogP) is 2.50. The van der Waals surface area contributed by atoms with Gasteiger partial charge in [0.25, 0.3) is 0 Å². The Morgan fingerprint density at radius 1 is 1.14 bits per heavy atom. The number of urea groups is 1. The zero-order valence-electron chi connectivity index (χ0n) is 17.1. The third-order valence-corrected chi connectivity index (χ3v) is 5.86. The molecule has 29 heavy (non-hydrogen) atoms. The van der Waals surface area contributed by atoms with Gasteiger partial charge in [-0.15, -0.1) is 0 Å². The van der Waals surface area contributed by atoms with Crippen LogP contribution in [0.2, 0.25) is 0 Å². The number of aromatic nitrogens is 2. The van der Waals surface area contributed by atoms with Crippen LogP contribution in [0.25, 0.3) is 0 Å². The lowest BCUT2D eigenvalue weighted by atomic mass is 10.2. The fourth-order valence-corrected chi connectivity index (χ4v) is 3.97. The molecule has 1 aromatic carbocycles. The molecule has 2 aliphatic rings. The number of carbonyl (C=O) groups excluding carboxylic acids is 2. The van der Waals surface area contributed by atoms with E-state index in [-0.39, 0.29) is 18.0 Å². The molecule has 0 spiro atoms. The first kappa shape index (κ1) is 19.5. The molecule has 7 heteroatoms. The molecule has 0 radical (unpaired) electrons. The van der Waals surface area contributed by atoms with E-state index in [0.29, 0.717) is 25.7 Å². The maximum atomic E-state index is 12.8. The number of likely N-dealkylation sites (tertiary alicyclic amines) is 1. The van der Waals surface area contributed by atoms with Crippen molar-refractivity contribution in [2.24, 2.45) is 0 Å². The lowest BCUT2D eigenvalue weighted by Crippen LogP contribution is -2.49. The van der Waals surface area contributed by atoms with E-state index in [0.717, 1.165) is 42.6 Å². The summed E-state index contributed by atoms with van der Waals surface area (Å²) >= 11 is 0. The number of rotatable bonds is 6. The number of hydrogen-bond donors (Lipinski definition) is 2. The summed E-state index contributed by atoms with van der Waals surface area (Å²) in [6.07, 6.45) is 3.70. The van der Waals surface area contributed by atoms with Crippen LogP contribution < -0.4 is 10.6 Å². The Morgan fingerprint density at radius 3 is 2.62 bits per heavy atom. The topological polar surface area (TPSA) is 79.3 Å². The molecule has 154 valence electrons. The largest absolute Gasteiger partial charge is 0.352 e. The minimum Gasteiger partial charge on any atom is -0.352 e. The summed E-state index contributed by atoms with van der Waals surface area (Å²) in [4.78, 5) is 26.9. The normalized spacial score (nSPS) is 18.7. The van der Waals surface area contributed by atoms with Crippen molar-refractivity contribution in [3.05, 3.63) is 52.8 Å². The van der Waals surface area contributed by atoms with Gasteiger partial charge in [0.2, 0.25) is 5.91 Å². The summed E-state index contributed by atoms with van der Waals surface area (Å²) in [6.45, 7) is 5.75. The minimum absolute atomic E-state index is 0.0109. The van der Waals surface area contributed by atoms with Crippen molar-refractivity contribution in [1.82, 2.24) is 25.3 Å². The van der Waals surface area contributed by atoms with Crippen molar-refractivity contribution in [3.63, 3.8) is 0 Å². The van der Waals surface area contributed by atoms with Gasteiger partial charge in [0, 0.05) is 30.4 Å². The van der Waals surface area contributed by atoms with Gasteiger partial charge in [0.1, 0.15) is 6.04 Å². The highest BCUT2D eigenvalue weighted by Crippen LogP contribution is 2.22. The van der Waals surface area contributed by atoms with Crippen LogP contribution in [0.3, 0.4) is 0 Å². The highest BCUT2D eigenvalue weighted by Gasteiger charge is 2.36. The fraction of sp³-hybridized carbons (Fsp3) is 0.500. The van der Waals surface area contributed by atoms with Crippen LogP contribution in [0, 0.1) is 13.8 Å². The summed E-state index contributed by atoms with van der Waals surface area (Å²) in [7, 11) is 0. The highest BCUT2D eigenvalue weighted by atomic mass is 16.2. The Bertz CT molecular complexity index is 888. The molecule has 1 saturated heterocycles. The predicted molar refractivity (Wildman–Crippen MR) is 110 cm³/mol. The Morgan fingerprint density at radius 2 is 1.90 bits per heavy atom. The van der Waals surface area contributed by atoms with Crippen LogP contribution in [0.1, 0.15) is 48.2 Å². The lowest BCUT2D eigenvalue weighted by Gasteiger charge is -2.24. The van der Waals surface area contributed by atoms with Crippen molar-refractivity contribution in [2.75, 3.05) is 6.54 Å². The van der Waals surface area contributed by atoms with E-state index in [1.54, 1.807) is 4.90 Å². The Labute approximate surface area is 171 Å².